The molecule has 0 spiro atoms. The van der Waals surface area contributed by atoms with Gasteiger partial charge in [0.2, 0.25) is 0 Å². The van der Waals surface area contributed by atoms with Gasteiger partial charge in [-0.15, -0.1) is 11.6 Å². The fourth-order valence-corrected chi connectivity index (χ4v) is 0.413. The van der Waals surface area contributed by atoms with Crippen LogP contribution in [0.5, 0.6) is 0 Å². The van der Waals surface area contributed by atoms with Gasteiger partial charge in [-0.25, -0.2) is 0 Å². The van der Waals surface area contributed by atoms with Crippen LogP contribution in [0.1, 0.15) is 6.42 Å². The Labute approximate surface area is 60.3 Å². The highest BCUT2D eigenvalue weighted by atomic mass is 35.5. The first kappa shape index (κ1) is 8.55. The molecule has 9 heavy (non-hydrogen) atoms. The maximum absolute atomic E-state index is 8.82. The molecule has 0 heterocycles. The molecule has 0 saturated carbocycles. The van der Waals surface area contributed by atoms with Crippen molar-refractivity contribution in [2.45, 2.75) is 12.5 Å². The summed E-state index contributed by atoms with van der Waals surface area (Å²) in [6.45, 7) is 3.40. The van der Waals surface area contributed by atoms with Crippen LogP contribution in [0.3, 0.4) is 0 Å². The molecule has 0 aliphatic rings. The van der Waals surface area contributed by atoms with E-state index in [0.717, 1.165) is 0 Å². The number of alkyl halides is 1. The van der Waals surface area contributed by atoms with Crippen LogP contribution in [-0.4, -0.2) is 17.1 Å². The van der Waals surface area contributed by atoms with Crippen LogP contribution in [0.4, 0.5) is 0 Å². The lowest BCUT2D eigenvalue weighted by molar-refractivity contribution is 0.204. The van der Waals surface area contributed by atoms with Gasteiger partial charge >= 0.3 is 0 Å². The minimum absolute atomic E-state index is 0.242. The van der Waals surface area contributed by atoms with Gasteiger partial charge in [0.1, 0.15) is 0 Å². The van der Waals surface area contributed by atoms with Crippen molar-refractivity contribution in [1.29, 1.82) is 0 Å². The third-order valence-corrected chi connectivity index (χ3v) is 1.08. The zero-order valence-corrected chi connectivity index (χ0v) is 5.86. The Morgan fingerprint density at radius 3 is 2.89 bits per heavy atom. The number of halogens is 1. The van der Waals surface area contributed by atoms with Crippen LogP contribution in [0.15, 0.2) is 12.7 Å². The van der Waals surface area contributed by atoms with Gasteiger partial charge in [0.25, 0.3) is 0 Å². The Morgan fingerprint density at radius 2 is 2.44 bits per heavy atom. The summed E-state index contributed by atoms with van der Waals surface area (Å²) in [6, 6.07) is 0. The van der Waals surface area contributed by atoms with E-state index in [0.29, 0.717) is 6.42 Å². The summed E-state index contributed by atoms with van der Waals surface area (Å²) in [6.07, 6.45) is 1.41. The molecule has 1 unspecified atom stereocenters. The molecule has 0 aromatic rings. The van der Waals surface area contributed by atoms with Crippen molar-refractivity contribution in [3.8, 4) is 11.8 Å². The lowest BCUT2D eigenvalue weighted by atomic mass is 10.3. The van der Waals surface area contributed by atoms with Crippen LogP contribution in [0.25, 0.3) is 0 Å². The Kier molecular flexibility index (Phi) is 5.40. The first-order valence-electron chi connectivity index (χ1n) is 2.64. The number of rotatable bonds is 2. The molecule has 0 aromatic heterocycles. The van der Waals surface area contributed by atoms with Crippen LogP contribution < -0.4 is 0 Å². The predicted octanol–water partition coefficient (Wildman–Crippen LogP) is 1.17. The van der Waals surface area contributed by atoms with E-state index in [1.54, 1.807) is 0 Å². The number of aliphatic hydroxyl groups excluding tert-OH is 1. The van der Waals surface area contributed by atoms with E-state index in [1.165, 1.54) is 6.08 Å². The molecule has 1 atom stereocenters. The minimum Gasteiger partial charge on any atom is -0.391 e. The van der Waals surface area contributed by atoms with E-state index in [2.05, 4.69) is 18.4 Å². The van der Waals surface area contributed by atoms with Crippen LogP contribution in [-0.2, 0) is 0 Å². The molecule has 0 aliphatic heterocycles. The SMILES string of the molecule is C=CC#CCC(O)CCl. The van der Waals surface area contributed by atoms with Crippen LogP contribution in [0.2, 0.25) is 0 Å². The molecule has 0 saturated heterocycles. The summed E-state index contributed by atoms with van der Waals surface area (Å²) in [5.41, 5.74) is 0. The Bertz CT molecular complexity index is 132. The topological polar surface area (TPSA) is 20.2 Å². The second-order valence-corrected chi connectivity index (χ2v) is 1.85. The molecule has 1 nitrogen and oxygen atoms in total. The van der Waals surface area contributed by atoms with Gasteiger partial charge in [0, 0.05) is 12.3 Å². The summed E-state index contributed by atoms with van der Waals surface area (Å²) in [7, 11) is 0. The van der Waals surface area contributed by atoms with E-state index < -0.39 is 6.10 Å². The molecule has 1 N–H and O–H groups in total. The quantitative estimate of drug-likeness (QED) is 0.456. The van der Waals surface area contributed by atoms with E-state index in [1.807, 2.05) is 0 Å². The fraction of sp³-hybridized carbons (Fsp3) is 0.429. The van der Waals surface area contributed by atoms with E-state index >= 15 is 0 Å². The highest BCUT2D eigenvalue weighted by molar-refractivity contribution is 6.18. The molecule has 0 aliphatic carbocycles. The van der Waals surface area contributed by atoms with E-state index in [-0.39, 0.29) is 5.88 Å². The van der Waals surface area contributed by atoms with Crippen molar-refractivity contribution in [2.24, 2.45) is 0 Å². The van der Waals surface area contributed by atoms with Gasteiger partial charge in [-0.2, -0.15) is 0 Å². The number of aliphatic hydroxyl groups is 1. The first-order valence-corrected chi connectivity index (χ1v) is 3.18. The van der Waals surface area contributed by atoms with Crippen molar-refractivity contribution < 1.29 is 5.11 Å². The van der Waals surface area contributed by atoms with E-state index in [9.17, 15) is 0 Å². The van der Waals surface area contributed by atoms with Crippen LogP contribution >= 0.6 is 11.6 Å². The number of allylic oxidation sites excluding steroid dienone is 1. The molecule has 50 valence electrons. The predicted molar refractivity (Wildman–Crippen MR) is 39.3 cm³/mol. The molecule has 0 amide bonds. The summed E-state index contributed by atoms with van der Waals surface area (Å²) >= 11 is 5.29. The zero-order chi connectivity index (χ0) is 7.11. The van der Waals surface area contributed by atoms with Crippen molar-refractivity contribution in [1.82, 2.24) is 0 Å². The third-order valence-electron chi connectivity index (χ3n) is 0.720. The Morgan fingerprint density at radius 1 is 1.78 bits per heavy atom. The molecular weight excluding hydrogens is 136 g/mol. The molecule has 0 aromatic carbocycles. The van der Waals surface area contributed by atoms with Crippen molar-refractivity contribution >= 4 is 11.6 Å². The Hall–Kier alpha value is -0.450. The summed E-state index contributed by atoms with van der Waals surface area (Å²) in [5, 5.41) is 8.82. The van der Waals surface area contributed by atoms with Gasteiger partial charge in [0.05, 0.1) is 6.10 Å². The minimum atomic E-state index is -0.501. The molecule has 0 rings (SSSR count). The normalized spacial score (nSPS) is 11.3. The van der Waals surface area contributed by atoms with Gasteiger partial charge in [-0.1, -0.05) is 18.4 Å². The monoisotopic (exact) mass is 144 g/mol. The highest BCUT2D eigenvalue weighted by Crippen LogP contribution is 1.91. The average Bonchev–Trinajstić information content (AvgIpc) is 1.89. The van der Waals surface area contributed by atoms with Crippen molar-refractivity contribution in [3.05, 3.63) is 12.7 Å². The summed E-state index contributed by atoms with van der Waals surface area (Å²) < 4.78 is 0. The lowest BCUT2D eigenvalue weighted by Gasteiger charge is -1.96. The molecular formula is C7H9ClO. The maximum atomic E-state index is 8.82. The average molecular weight is 145 g/mol. The summed E-state index contributed by atoms with van der Waals surface area (Å²) in [5.74, 6) is 5.53. The first-order chi connectivity index (χ1) is 4.31. The highest BCUT2D eigenvalue weighted by Gasteiger charge is 1.95. The van der Waals surface area contributed by atoms with Gasteiger partial charge in [0.15, 0.2) is 0 Å². The number of hydrogen-bond acceptors (Lipinski definition) is 1. The summed E-state index contributed by atoms with van der Waals surface area (Å²) in [4.78, 5) is 0. The van der Waals surface area contributed by atoms with Crippen LogP contribution in [0, 0.1) is 11.8 Å². The molecule has 0 radical (unpaired) electrons. The van der Waals surface area contributed by atoms with Crippen molar-refractivity contribution in [3.63, 3.8) is 0 Å². The fourth-order valence-electron chi connectivity index (χ4n) is 0.303. The van der Waals surface area contributed by atoms with Gasteiger partial charge in [-0.3, -0.25) is 0 Å². The molecule has 2 heteroatoms. The van der Waals surface area contributed by atoms with E-state index in [4.69, 9.17) is 16.7 Å². The van der Waals surface area contributed by atoms with Gasteiger partial charge < -0.3 is 5.11 Å². The second kappa shape index (κ2) is 5.68. The second-order valence-electron chi connectivity index (χ2n) is 1.54. The third kappa shape index (κ3) is 5.42. The van der Waals surface area contributed by atoms with Gasteiger partial charge in [-0.05, 0) is 6.08 Å². The molecule has 0 fully saturated rings. The standard InChI is InChI=1S/C7H9ClO/c1-2-3-4-5-7(9)6-8/h2,7,9H,1,5-6H2. The van der Waals surface area contributed by atoms with Crippen molar-refractivity contribution in [2.75, 3.05) is 5.88 Å². The zero-order valence-electron chi connectivity index (χ0n) is 5.10. The largest absolute Gasteiger partial charge is 0.391 e. The molecule has 0 bridgehead atoms. The lowest BCUT2D eigenvalue weighted by Crippen LogP contribution is -2.05. The Balaban J connectivity index is 3.36. The number of hydrogen-bond donors (Lipinski definition) is 1. The smallest absolute Gasteiger partial charge is 0.0784 e. The maximum Gasteiger partial charge on any atom is 0.0784 e.